The molecule has 0 radical (unpaired) electrons. The van der Waals surface area contributed by atoms with E-state index in [1.807, 2.05) is 44.3 Å². The Morgan fingerprint density at radius 1 is 0.957 bits per heavy atom. The third-order valence-electron chi connectivity index (χ3n) is 12.1. The Bertz CT molecular complexity index is 1210. The molecule has 3 heterocycles. The van der Waals surface area contributed by atoms with Crippen molar-refractivity contribution in [3.63, 3.8) is 0 Å². The van der Waals surface area contributed by atoms with Gasteiger partial charge in [0.25, 0.3) is 0 Å². The maximum Gasteiger partial charge on any atom is 0.323 e. The molecular weight excluding hydrogens is 629 g/mol. The van der Waals surface area contributed by atoms with Gasteiger partial charge >= 0.3 is 11.9 Å². The van der Waals surface area contributed by atoms with Crippen molar-refractivity contribution >= 4 is 41.2 Å². The molecule has 10 atom stereocenters. The fourth-order valence-corrected chi connectivity index (χ4v) is 11.2. The number of Topliss-reactive ketones (excluding diaryl/α,β-unsaturated/α-hetero) is 1. The molecule has 0 aromatic carbocycles. The average Bonchev–Trinajstić information content (AvgIpc) is 3.02. The van der Waals surface area contributed by atoms with Gasteiger partial charge in [-0.05, 0) is 46.0 Å². The molecule has 2 N–H and O–H groups in total. The lowest BCUT2D eigenvalue weighted by Crippen LogP contribution is -2.87. The topological polar surface area (TPSA) is 126 Å². The second-order valence-corrected chi connectivity index (χ2v) is 17.7. The van der Waals surface area contributed by atoms with E-state index in [2.05, 4.69) is 16.4 Å². The van der Waals surface area contributed by atoms with Gasteiger partial charge in [-0.3, -0.25) is 24.2 Å². The summed E-state index contributed by atoms with van der Waals surface area (Å²) in [6.07, 6.45) is -1.33. The van der Waals surface area contributed by atoms with Crippen LogP contribution < -0.4 is 0 Å². The van der Waals surface area contributed by atoms with Crippen LogP contribution in [0.1, 0.15) is 67.7 Å². The summed E-state index contributed by atoms with van der Waals surface area (Å²) in [5, 5.41) is 25.6. The largest absolute Gasteiger partial charge is 0.460 e. The van der Waals surface area contributed by atoms with Gasteiger partial charge in [0.1, 0.15) is 23.8 Å². The minimum Gasteiger partial charge on any atom is -0.460 e. The summed E-state index contributed by atoms with van der Waals surface area (Å²) in [5.41, 5.74) is -7.47. The van der Waals surface area contributed by atoms with E-state index >= 15 is 0 Å². The first kappa shape index (κ1) is 36.1. The lowest BCUT2D eigenvalue weighted by Gasteiger charge is -2.71. The normalized spacial score (nSPS) is 43.0. The van der Waals surface area contributed by atoms with Gasteiger partial charge in [-0.15, -0.1) is 6.58 Å². The van der Waals surface area contributed by atoms with Crippen LogP contribution >= 0.6 is 23.5 Å². The fourth-order valence-electron chi connectivity index (χ4n) is 9.33. The van der Waals surface area contributed by atoms with E-state index in [0.717, 1.165) is 49.2 Å². The standard InChI is InChI=1S/C34H54N2O8S2/c1-9-31(6)20-23(37)34(41)32(7)24(42-28(39)21(2)35-12-16-45-17-13-35)10-11-30(4,5)26(32)25(38)27(33(34,8)44-31)43-29(40)22(3)36-14-18-46-19-15-36/h9,21-22,24-27,38,41H,1,10-20H2,2-8H3/t21?,22?,24-,25-,26-,27-,31-,32-,33+,34-/m0/s1. The van der Waals surface area contributed by atoms with Crippen LogP contribution in [0.15, 0.2) is 12.7 Å². The number of rotatable bonds is 7. The maximum absolute atomic E-state index is 14.6. The molecule has 3 aliphatic heterocycles. The molecular formula is C34H54N2O8S2. The zero-order valence-corrected chi connectivity index (χ0v) is 30.2. The molecule has 3 saturated heterocycles. The summed E-state index contributed by atoms with van der Waals surface area (Å²) in [6.45, 7) is 19.5. The van der Waals surface area contributed by atoms with Crippen LogP contribution in [-0.2, 0) is 28.6 Å². The number of hydrogen-bond donors (Lipinski definition) is 2. The molecule has 2 unspecified atom stereocenters. The molecule has 12 heteroatoms. The molecule has 0 bridgehead atoms. The van der Waals surface area contributed by atoms with Crippen molar-refractivity contribution in [1.29, 1.82) is 0 Å². The second-order valence-electron chi connectivity index (χ2n) is 15.2. The summed E-state index contributed by atoms with van der Waals surface area (Å²) in [7, 11) is 0. The third kappa shape index (κ3) is 5.69. The molecule has 0 aromatic rings. The number of carbonyl (C=O) groups is 3. The number of esters is 2. The van der Waals surface area contributed by atoms with Crippen molar-refractivity contribution in [2.24, 2.45) is 16.7 Å². The molecule has 46 heavy (non-hydrogen) atoms. The van der Waals surface area contributed by atoms with E-state index < -0.39 is 81.7 Å². The van der Waals surface area contributed by atoms with Crippen LogP contribution in [0.25, 0.3) is 0 Å². The van der Waals surface area contributed by atoms with Crippen molar-refractivity contribution in [1.82, 2.24) is 9.80 Å². The number of fused-ring (bicyclic) bond motifs is 3. The average molecular weight is 683 g/mol. The summed E-state index contributed by atoms with van der Waals surface area (Å²) in [4.78, 5) is 46.3. The van der Waals surface area contributed by atoms with Gasteiger partial charge in [0, 0.05) is 66.9 Å². The van der Waals surface area contributed by atoms with Crippen molar-refractivity contribution < 1.29 is 38.8 Å². The number of aliphatic hydroxyl groups is 2. The Morgan fingerprint density at radius 2 is 1.46 bits per heavy atom. The molecule has 5 rings (SSSR count). The summed E-state index contributed by atoms with van der Waals surface area (Å²) in [5.74, 6) is 1.41. The molecule has 0 aromatic heterocycles. The van der Waals surface area contributed by atoms with Crippen molar-refractivity contribution in [2.45, 2.75) is 115 Å². The van der Waals surface area contributed by atoms with E-state index in [0.29, 0.717) is 12.8 Å². The number of hydrogen-bond acceptors (Lipinski definition) is 12. The number of nitrogens with zero attached hydrogens (tertiary/aromatic N) is 2. The van der Waals surface area contributed by atoms with Crippen molar-refractivity contribution in [2.75, 3.05) is 49.2 Å². The third-order valence-corrected chi connectivity index (χ3v) is 13.9. The van der Waals surface area contributed by atoms with E-state index in [-0.39, 0.29) is 6.42 Å². The predicted octanol–water partition coefficient (Wildman–Crippen LogP) is 2.93. The molecule has 5 fully saturated rings. The molecule has 260 valence electrons. The lowest BCUT2D eigenvalue weighted by molar-refractivity contribution is -0.371. The number of thioether (sulfide) groups is 2. The van der Waals surface area contributed by atoms with Crippen LogP contribution in [-0.4, -0.2) is 134 Å². The van der Waals surface area contributed by atoms with Gasteiger partial charge in [0.05, 0.1) is 11.7 Å². The second kappa shape index (κ2) is 12.9. The highest BCUT2D eigenvalue weighted by Crippen LogP contribution is 2.67. The molecule has 2 aliphatic carbocycles. The minimum atomic E-state index is -2.28. The lowest BCUT2D eigenvalue weighted by atomic mass is 9.39. The van der Waals surface area contributed by atoms with Crippen LogP contribution in [0.2, 0.25) is 0 Å². The highest BCUT2D eigenvalue weighted by molar-refractivity contribution is 7.99. The Hall–Kier alpha value is -1.15. The highest BCUT2D eigenvalue weighted by atomic mass is 32.2. The Balaban J connectivity index is 1.57. The monoisotopic (exact) mass is 682 g/mol. The molecule has 10 nitrogen and oxygen atoms in total. The van der Waals surface area contributed by atoms with E-state index in [4.69, 9.17) is 14.2 Å². The summed E-state index contributed by atoms with van der Waals surface area (Å²) in [6, 6.07) is -1.09. The van der Waals surface area contributed by atoms with Gasteiger partial charge < -0.3 is 24.4 Å². The van der Waals surface area contributed by atoms with E-state index in [1.165, 1.54) is 6.08 Å². The predicted molar refractivity (Wildman–Crippen MR) is 180 cm³/mol. The molecule has 5 aliphatic rings. The van der Waals surface area contributed by atoms with Gasteiger partial charge in [-0.2, -0.15) is 23.5 Å². The Kier molecular flexibility index (Phi) is 10.2. The van der Waals surface area contributed by atoms with Crippen molar-refractivity contribution in [3.8, 4) is 0 Å². The quantitative estimate of drug-likeness (QED) is 0.303. The minimum absolute atomic E-state index is 0.174. The number of aliphatic hydroxyl groups excluding tert-OH is 1. The summed E-state index contributed by atoms with van der Waals surface area (Å²) >= 11 is 3.68. The maximum atomic E-state index is 14.6. The molecule has 2 saturated carbocycles. The highest BCUT2D eigenvalue weighted by Gasteiger charge is 2.82. The SMILES string of the molecule is C=C[C@@]1(C)CC(=O)[C@]2(O)[C@@]3(C)[C@@H](OC(=O)C(C)N4CCSCC4)CCC(C)(C)[C@@H]3[C@H](O)[C@H](OC(=O)C(C)N3CCSCC3)[C@@]2(C)O1. The van der Waals surface area contributed by atoms with Crippen LogP contribution in [0, 0.1) is 16.7 Å². The first-order valence-corrected chi connectivity index (χ1v) is 19.1. The number of ether oxygens (including phenoxy) is 3. The molecule has 0 amide bonds. The van der Waals surface area contributed by atoms with Gasteiger partial charge in [-0.1, -0.05) is 26.8 Å². The first-order valence-electron chi connectivity index (χ1n) is 16.8. The molecule has 0 spiro atoms. The van der Waals surface area contributed by atoms with Gasteiger partial charge in [-0.25, -0.2) is 0 Å². The van der Waals surface area contributed by atoms with Gasteiger partial charge in [0.2, 0.25) is 0 Å². The summed E-state index contributed by atoms with van der Waals surface area (Å²) < 4.78 is 19.3. The van der Waals surface area contributed by atoms with Crippen LogP contribution in [0.3, 0.4) is 0 Å². The smallest absolute Gasteiger partial charge is 0.323 e. The number of ketones is 1. The fraction of sp³-hybridized carbons (Fsp3) is 0.853. The Morgan fingerprint density at radius 3 is 1.96 bits per heavy atom. The van der Waals surface area contributed by atoms with Crippen LogP contribution in [0.5, 0.6) is 0 Å². The first-order chi connectivity index (χ1) is 21.5. The van der Waals surface area contributed by atoms with E-state index in [1.54, 1.807) is 27.7 Å². The van der Waals surface area contributed by atoms with Crippen molar-refractivity contribution in [3.05, 3.63) is 12.7 Å². The van der Waals surface area contributed by atoms with Gasteiger partial charge in [0.15, 0.2) is 17.5 Å². The zero-order chi connectivity index (χ0) is 33.9. The zero-order valence-electron chi connectivity index (χ0n) is 28.6. The van der Waals surface area contributed by atoms with E-state index in [9.17, 15) is 24.6 Å². The number of carbonyl (C=O) groups excluding carboxylic acids is 3. The van der Waals surface area contributed by atoms with Crippen LogP contribution in [0.4, 0.5) is 0 Å². The Labute approximate surface area is 282 Å².